The van der Waals surface area contributed by atoms with E-state index in [0.717, 1.165) is 47.7 Å². The van der Waals surface area contributed by atoms with Gasteiger partial charge in [-0.1, -0.05) is 68.8 Å². The lowest BCUT2D eigenvalue weighted by atomic mass is 9.69. The van der Waals surface area contributed by atoms with Crippen molar-refractivity contribution in [2.24, 2.45) is 17.3 Å². The Labute approximate surface area is 214 Å². The summed E-state index contributed by atoms with van der Waals surface area (Å²) >= 11 is 0. The molecule has 0 spiro atoms. The number of benzene rings is 2. The van der Waals surface area contributed by atoms with Gasteiger partial charge in [0.25, 0.3) is 0 Å². The number of methoxy groups -OCH3 is 1. The summed E-state index contributed by atoms with van der Waals surface area (Å²) in [5.41, 5.74) is 0.862. The van der Waals surface area contributed by atoms with Crippen molar-refractivity contribution in [1.29, 1.82) is 0 Å². The van der Waals surface area contributed by atoms with Gasteiger partial charge in [-0.15, -0.1) is 0 Å². The largest absolute Gasteiger partial charge is 0.468 e. The average Bonchev–Trinajstić information content (AvgIpc) is 3.09. The van der Waals surface area contributed by atoms with Crippen LogP contribution in [0.1, 0.15) is 64.4 Å². The summed E-state index contributed by atoms with van der Waals surface area (Å²) in [6.45, 7) is 5.17. The fourth-order valence-corrected chi connectivity index (χ4v) is 5.76. The first-order valence-corrected chi connectivity index (χ1v) is 13.2. The first-order valence-electron chi connectivity index (χ1n) is 13.2. The lowest BCUT2D eigenvalue weighted by Gasteiger charge is -2.46. The molecule has 2 amide bonds. The zero-order valence-corrected chi connectivity index (χ0v) is 21.7. The molecule has 1 saturated heterocycles. The van der Waals surface area contributed by atoms with E-state index in [1.54, 1.807) is 4.90 Å². The van der Waals surface area contributed by atoms with Gasteiger partial charge >= 0.3 is 5.97 Å². The van der Waals surface area contributed by atoms with Crippen LogP contribution in [0.2, 0.25) is 0 Å². The molecule has 4 rings (SSSR count). The molecule has 2 aromatic rings. The third-order valence-electron chi connectivity index (χ3n) is 7.65. The number of allylic oxidation sites excluding steroid dienone is 1. The van der Waals surface area contributed by atoms with E-state index in [4.69, 9.17) is 4.74 Å². The van der Waals surface area contributed by atoms with E-state index >= 15 is 0 Å². The second kappa shape index (κ2) is 11.3. The van der Waals surface area contributed by atoms with Gasteiger partial charge in [-0.05, 0) is 54.4 Å². The van der Waals surface area contributed by atoms with Gasteiger partial charge < -0.3 is 15.0 Å². The number of esters is 1. The number of carbonyl (C=O) groups is 3. The van der Waals surface area contributed by atoms with Crippen LogP contribution in [-0.4, -0.2) is 36.3 Å². The molecule has 6 heteroatoms. The van der Waals surface area contributed by atoms with Gasteiger partial charge in [0.1, 0.15) is 5.41 Å². The van der Waals surface area contributed by atoms with E-state index in [1.807, 2.05) is 24.3 Å². The second-order valence-corrected chi connectivity index (χ2v) is 10.6. The molecule has 2 aromatic carbocycles. The van der Waals surface area contributed by atoms with E-state index in [2.05, 4.69) is 43.4 Å². The molecule has 0 aromatic heterocycles. The highest BCUT2D eigenvalue weighted by Crippen LogP contribution is 2.49. The van der Waals surface area contributed by atoms with Gasteiger partial charge in [-0.25, -0.2) is 0 Å². The molecule has 6 nitrogen and oxygen atoms in total. The fraction of sp³-hybridized carbons (Fsp3) is 0.500. The number of carbonyl (C=O) groups excluding carboxylic acids is 3. The summed E-state index contributed by atoms with van der Waals surface area (Å²) in [6, 6.07) is 14.2. The summed E-state index contributed by atoms with van der Waals surface area (Å²) in [6.07, 6.45) is 6.60. The standard InChI is InChI=1S/C30H38N2O4/c1-21(2)15-17-31-27(33)18-24-19-30(29(35)36-3)16-8-4-5-14-26(30)32(28(24)34)20-23-12-9-11-22-10-6-7-13-25(22)23/h6-7,9-14,21,24H,4-5,8,15-20H2,1-3H3,(H,31,33)/t24-,30+/m1/s1. The molecule has 1 aliphatic heterocycles. The molecular weight excluding hydrogens is 452 g/mol. The Morgan fingerprint density at radius 2 is 1.92 bits per heavy atom. The molecule has 1 N–H and O–H groups in total. The van der Waals surface area contributed by atoms with E-state index in [1.165, 1.54) is 7.11 Å². The van der Waals surface area contributed by atoms with Crippen molar-refractivity contribution in [2.45, 2.75) is 65.3 Å². The number of ether oxygens (including phenoxy) is 1. The predicted molar refractivity (Wildman–Crippen MR) is 141 cm³/mol. The van der Waals surface area contributed by atoms with E-state index in [9.17, 15) is 14.4 Å². The first-order chi connectivity index (χ1) is 17.4. The van der Waals surface area contributed by atoms with Crippen LogP contribution in [0.15, 0.2) is 54.2 Å². The van der Waals surface area contributed by atoms with Crippen molar-refractivity contribution >= 4 is 28.6 Å². The molecule has 36 heavy (non-hydrogen) atoms. The minimum absolute atomic E-state index is 0.0784. The van der Waals surface area contributed by atoms with Crippen LogP contribution < -0.4 is 5.32 Å². The molecule has 1 fully saturated rings. The third kappa shape index (κ3) is 5.32. The predicted octanol–water partition coefficient (Wildman–Crippen LogP) is 5.36. The average molecular weight is 491 g/mol. The van der Waals surface area contributed by atoms with Gasteiger partial charge in [0.05, 0.1) is 13.7 Å². The van der Waals surface area contributed by atoms with Gasteiger partial charge in [0.15, 0.2) is 0 Å². The van der Waals surface area contributed by atoms with Gasteiger partial charge in [0.2, 0.25) is 11.8 Å². The highest BCUT2D eigenvalue weighted by atomic mass is 16.5. The smallest absolute Gasteiger partial charge is 0.317 e. The van der Waals surface area contributed by atoms with Crippen molar-refractivity contribution in [2.75, 3.05) is 13.7 Å². The Balaban J connectivity index is 1.70. The van der Waals surface area contributed by atoms with Crippen LogP contribution >= 0.6 is 0 Å². The topological polar surface area (TPSA) is 75.7 Å². The molecule has 0 radical (unpaired) electrons. The lowest BCUT2D eigenvalue weighted by molar-refractivity contribution is -0.160. The van der Waals surface area contributed by atoms with Gasteiger partial charge in [-0.3, -0.25) is 14.4 Å². The normalized spacial score (nSPS) is 22.1. The molecular formula is C30H38N2O4. The molecule has 0 saturated carbocycles. The van der Waals surface area contributed by atoms with E-state index in [-0.39, 0.29) is 24.2 Å². The first kappa shape index (κ1) is 25.9. The summed E-state index contributed by atoms with van der Waals surface area (Å²) in [5.74, 6) is -0.626. The Kier molecular flexibility index (Phi) is 8.12. The van der Waals surface area contributed by atoms with Crippen LogP contribution in [-0.2, 0) is 25.7 Å². The summed E-state index contributed by atoms with van der Waals surface area (Å²) in [4.78, 5) is 41.9. The molecule has 192 valence electrons. The molecule has 0 bridgehead atoms. The van der Waals surface area contributed by atoms with Crippen molar-refractivity contribution in [3.8, 4) is 0 Å². The van der Waals surface area contributed by atoms with Gasteiger partial charge in [-0.2, -0.15) is 0 Å². The summed E-state index contributed by atoms with van der Waals surface area (Å²) in [5, 5.41) is 5.16. The number of nitrogens with one attached hydrogen (secondary N) is 1. The maximum atomic E-state index is 14.0. The summed E-state index contributed by atoms with van der Waals surface area (Å²) < 4.78 is 5.34. The highest BCUT2D eigenvalue weighted by molar-refractivity contribution is 5.93. The third-order valence-corrected chi connectivity index (χ3v) is 7.65. The second-order valence-electron chi connectivity index (χ2n) is 10.6. The number of likely N-dealkylation sites (tertiary alicyclic amines) is 1. The van der Waals surface area contributed by atoms with Crippen molar-refractivity contribution in [3.63, 3.8) is 0 Å². The minimum Gasteiger partial charge on any atom is -0.468 e. The Hall–Kier alpha value is -3.15. The zero-order valence-electron chi connectivity index (χ0n) is 21.7. The minimum atomic E-state index is -0.910. The number of rotatable bonds is 8. The number of hydrogen-bond donors (Lipinski definition) is 1. The molecule has 2 atom stereocenters. The number of fused-ring (bicyclic) bond motifs is 2. The quantitative estimate of drug-likeness (QED) is 0.506. The van der Waals surface area contributed by atoms with E-state index in [0.29, 0.717) is 31.8 Å². The summed E-state index contributed by atoms with van der Waals surface area (Å²) in [7, 11) is 1.42. The van der Waals surface area contributed by atoms with Crippen LogP contribution in [0.25, 0.3) is 10.8 Å². The van der Waals surface area contributed by atoms with E-state index < -0.39 is 11.3 Å². The van der Waals surface area contributed by atoms with Crippen LogP contribution in [0, 0.1) is 17.3 Å². The maximum Gasteiger partial charge on any atom is 0.317 e. The number of hydrogen-bond acceptors (Lipinski definition) is 4. The Morgan fingerprint density at radius 3 is 2.69 bits per heavy atom. The molecule has 1 aliphatic carbocycles. The monoisotopic (exact) mass is 490 g/mol. The van der Waals surface area contributed by atoms with Gasteiger partial charge in [0, 0.05) is 24.6 Å². The maximum absolute atomic E-state index is 14.0. The number of piperidine rings is 1. The highest BCUT2D eigenvalue weighted by Gasteiger charge is 2.53. The van der Waals surface area contributed by atoms with Crippen molar-refractivity contribution in [1.82, 2.24) is 10.2 Å². The Bertz CT molecular complexity index is 1150. The molecule has 1 heterocycles. The number of amides is 2. The number of nitrogens with zero attached hydrogens (tertiary/aromatic N) is 1. The molecule has 0 unspecified atom stereocenters. The van der Waals surface area contributed by atoms with Crippen LogP contribution in [0.3, 0.4) is 0 Å². The zero-order chi connectivity index (χ0) is 25.7. The van der Waals surface area contributed by atoms with Crippen molar-refractivity contribution < 1.29 is 19.1 Å². The lowest BCUT2D eigenvalue weighted by Crippen LogP contribution is -2.53. The van der Waals surface area contributed by atoms with Crippen molar-refractivity contribution in [3.05, 3.63) is 59.8 Å². The van der Waals surface area contributed by atoms with Crippen LogP contribution in [0.4, 0.5) is 0 Å². The Morgan fingerprint density at radius 1 is 1.14 bits per heavy atom. The SMILES string of the molecule is COC(=O)[C@]12CCCCC=C1N(Cc1cccc3ccccc13)C(=O)[C@H](CC(=O)NCCC(C)C)C2. The fourth-order valence-electron chi connectivity index (χ4n) is 5.76. The molecule has 2 aliphatic rings. The van der Waals surface area contributed by atoms with Crippen LogP contribution in [0.5, 0.6) is 0 Å².